The van der Waals surface area contributed by atoms with Crippen LogP contribution in [0.3, 0.4) is 0 Å². The Morgan fingerprint density at radius 2 is 1.38 bits per heavy atom. The zero-order valence-corrected chi connectivity index (χ0v) is 37.6. The second-order valence-electron chi connectivity index (χ2n) is 18.6. The Hall–Kier alpha value is -6.94. The maximum Gasteiger partial charge on any atom is 0.274 e. The summed E-state index contributed by atoms with van der Waals surface area (Å²) < 4.78 is 11.2. The van der Waals surface area contributed by atoms with E-state index in [0.29, 0.717) is 63.0 Å². The average Bonchev–Trinajstić information content (AvgIpc) is 3.85. The highest BCUT2D eigenvalue weighted by molar-refractivity contribution is 6.31. The van der Waals surface area contributed by atoms with Gasteiger partial charge in [0.1, 0.15) is 50.5 Å². The van der Waals surface area contributed by atoms with Crippen molar-refractivity contribution in [1.82, 2.24) is 39.7 Å². The van der Waals surface area contributed by atoms with Crippen molar-refractivity contribution in [1.29, 1.82) is 0 Å². The van der Waals surface area contributed by atoms with Crippen molar-refractivity contribution in [2.75, 3.05) is 14.2 Å². The lowest BCUT2D eigenvalue weighted by Crippen LogP contribution is -2.36. The quantitative estimate of drug-likeness (QED) is 0.119. The van der Waals surface area contributed by atoms with Crippen LogP contribution in [0.4, 0.5) is 0 Å². The number of imidazole rings is 2. The first-order valence-electron chi connectivity index (χ1n) is 22.1. The number of carbonyl (C=O) groups is 2. The van der Waals surface area contributed by atoms with E-state index in [1.165, 1.54) is 0 Å². The number of nitrogens with one attached hydrogen (secondary N) is 2. The molecule has 326 valence electrons. The van der Waals surface area contributed by atoms with Gasteiger partial charge in [-0.3, -0.25) is 9.59 Å². The third-order valence-electron chi connectivity index (χ3n) is 15.4. The molecule has 2 amide bonds. The number of methoxy groups -OCH3 is 2. The molecule has 66 heavy (non-hydrogen) atoms. The smallest absolute Gasteiger partial charge is 0.274 e. The van der Waals surface area contributed by atoms with Gasteiger partial charge in [-0.15, -0.1) is 0 Å². The van der Waals surface area contributed by atoms with Crippen molar-refractivity contribution in [2.45, 2.75) is 44.4 Å². The van der Waals surface area contributed by atoms with E-state index in [2.05, 4.69) is 76.0 Å². The molecule has 3 saturated heterocycles. The van der Waals surface area contributed by atoms with Gasteiger partial charge in [-0.05, 0) is 94.7 Å². The Labute approximate surface area is 388 Å². The fourth-order valence-electron chi connectivity index (χ4n) is 12.0. The normalized spacial score (nSPS) is 26.3. The van der Waals surface area contributed by atoms with Crippen LogP contribution < -0.4 is 9.47 Å². The number of fused-ring (bicyclic) bond motifs is 5. The van der Waals surface area contributed by atoms with Crippen molar-refractivity contribution in [3.63, 3.8) is 0 Å². The Balaban J connectivity index is 0.736. The molecule has 7 heterocycles. The Morgan fingerprint density at radius 3 is 2.06 bits per heavy atom. The molecule has 8 aromatic rings. The summed E-state index contributed by atoms with van der Waals surface area (Å²) in [5.74, 6) is 10.6. The van der Waals surface area contributed by atoms with Crippen LogP contribution in [0.1, 0.15) is 76.2 Å². The van der Waals surface area contributed by atoms with E-state index in [9.17, 15) is 9.59 Å². The molecule has 6 aliphatic rings. The monoisotopic (exact) mass is 910 g/mol. The first kappa shape index (κ1) is 39.4. The molecule has 4 aromatic carbocycles. The van der Waals surface area contributed by atoms with Gasteiger partial charge in [0, 0.05) is 44.8 Å². The zero-order chi connectivity index (χ0) is 44.9. The molecule has 0 radical (unpaired) electrons. The highest BCUT2D eigenvalue weighted by Crippen LogP contribution is 2.90. The molecule has 3 aliphatic heterocycles. The van der Waals surface area contributed by atoms with Crippen LogP contribution in [0.15, 0.2) is 97.3 Å². The predicted molar refractivity (Wildman–Crippen MR) is 250 cm³/mol. The number of aromatic nitrogens is 6. The lowest BCUT2D eigenvalue weighted by atomic mass is 10.0. The minimum atomic E-state index is -0.224. The van der Waals surface area contributed by atoms with E-state index >= 15 is 0 Å². The van der Waals surface area contributed by atoms with Crippen LogP contribution >= 0.6 is 23.2 Å². The highest BCUT2D eigenvalue weighted by Gasteiger charge is 2.94. The predicted octanol–water partition coefficient (Wildman–Crippen LogP) is 9.83. The van der Waals surface area contributed by atoms with Crippen LogP contribution in [-0.4, -0.2) is 77.8 Å². The summed E-state index contributed by atoms with van der Waals surface area (Å²) in [5.41, 5.74) is 4.13. The number of ether oxygens (including phenoxy) is 2. The molecule has 6 fully saturated rings. The van der Waals surface area contributed by atoms with Gasteiger partial charge in [-0.1, -0.05) is 85.4 Å². The van der Waals surface area contributed by atoms with Crippen molar-refractivity contribution in [2.24, 2.45) is 29.1 Å². The lowest BCUT2D eigenvalue weighted by Gasteiger charge is -2.27. The molecule has 3 saturated carbocycles. The summed E-state index contributed by atoms with van der Waals surface area (Å²) in [6.07, 6.45) is 4.42. The van der Waals surface area contributed by atoms with E-state index in [1.54, 1.807) is 32.5 Å². The third kappa shape index (κ3) is 5.66. The lowest BCUT2D eigenvalue weighted by molar-refractivity contribution is 0.0673. The van der Waals surface area contributed by atoms with Gasteiger partial charge >= 0.3 is 0 Å². The number of pyridine rings is 2. The first-order valence-corrected chi connectivity index (χ1v) is 22.9. The van der Waals surface area contributed by atoms with Crippen LogP contribution in [0, 0.1) is 40.9 Å². The number of halogens is 2. The number of hydrogen-bond acceptors (Lipinski definition) is 8. The minimum absolute atomic E-state index is 0.0916. The molecule has 2 N–H and O–H groups in total. The largest absolute Gasteiger partial charge is 0.496 e. The number of likely N-dealkylation sites (tertiary alicyclic amines) is 1. The first-order chi connectivity index (χ1) is 32.0. The second kappa shape index (κ2) is 14.0. The molecular weight excluding hydrogens is 872 g/mol. The zero-order valence-electron chi connectivity index (χ0n) is 36.1. The van der Waals surface area contributed by atoms with Crippen molar-refractivity contribution in [3.8, 4) is 34.6 Å². The number of piperidine rings is 2. The van der Waals surface area contributed by atoms with Crippen molar-refractivity contribution < 1.29 is 19.1 Å². The van der Waals surface area contributed by atoms with Crippen LogP contribution in [0.25, 0.3) is 43.6 Å². The number of aromatic amines is 2. The number of rotatable bonds is 7. The van der Waals surface area contributed by atoms with Gasteiger partial charge in [-0.2, -0.15) is 0 Å². The van der Waals surface area contributed by atoms with Gasteiger partial charge in [0.05, 0.1) is 44.4 Å². The van der Waals surface area contributed by atoms with Gasteiger partial charge in [0.2, 0.25) is 0 Å². The number of carbonyl (C=O) groups excluding carboxylic acids is 2. The molecule has 2 bridgehead atoms. The summed E-state index contributed by atoms with van der Waals surface area (Å²) in [6.45, 7) is 4.46. The van der Waals surface area contributed by atoms with E-state index in [0.717, 1.165) is 56.4 Å². The summed E-state index contributed by atoms with van der Waals surface area (Å²) >= 11 is 13.0. The van der Waals surface area contributed by atoms with E-state index in [1.807, 2.05) is 58.5 Å². The summed E-state index contributed by atoms with van der Waals surface area (Å²) in [4.78, 5) is 58.5. The minimum Gasteiger partial charge on any atom is -0.496 e. The number of nitrogens with zero attached hydrogens (tertiary/aromatic N) is 6. The summed E-state index contributed by atoms with van der Waals surface area (Å²) in [6, 6.07) is 27.0. The van der Waals surface area contributed by atoms with Gasteiger partial charge < -0.3 is 29.2 Å². The molecule has 2 unspecified atom stereocenters. The Kier molecular flexibility index (Phi) is 8.38. The molecule has 9 atom stereocenters. The van der Waals surface area contributed by atoms with Crippen molar-refractivity contribution in [3.05, 3.63) is 142 Å². The maximum absolute atomic E-state index is 14.5. The fraction of sp³-hybridized carbons (Fsp3) is 0.269. The number of benzene rings is 4. The van der Waals surface area contributed by atoms with Gasteiger partial charge in [-0.25, -0.2) is 19.9 Å². The molecular formula is C52H40Cl2N8O4. The Morgan fingerprint density at radius 1 is 0.742 bits per heavy atom. The SMILES string of the molecule is COc1cccc2c(C(=O)N3C4[C@H]5C([C@H]3c3ncc(C#Cc6ccc7cc(-c8cnc([C@@H]9C[C@H]%10[C@@H](C)[C@H]%10N9C(=O)c9nc(Cl)cc%10c(OC)cccc9%10)[nH]8)ccc7c6)[nH]3)[C@@]45C)nc(Cl)cc12. The summed E-state index contributed by atoms with van der Waals surface area (Å²) in [5, 5.41) is 5.50. The molecule has 14 rings (SSSR count). The molecule has 3 aliphatic carbocycles. The van der Waals surface area contributed by atoms with E-state index in [4.69, 9.17) is 42.6 Å². The van der Waals surface area contributed by atoms with Crippen LogP contribution in [0.2, 0.25) is 10.3 Å². The molecule has 14 heteroatoms. The number of hydrogen-bond donors (Lipinski definition) is 2. The third-order valence-corrected chi connectivity index (χ3v) is 15.8. The second-order valence-corrected chi connectivity index (χ2v) is 19.4. The average molecular weight is 912 g/mol. The van der Waals surface area contributed by atoms with E-state index in [-0.39, 0.29) is 51.7 Å². The highest BCUT2D eigenvalue weighted by atomic mass is 35.5. The standard InChI is InChI=1S/C52H40Cl2N8O4/c1-24-32-19-36(61(45(24)32)50(63)43-30-7-5-9-37(65-3)33(30)20-39(53)59-43)48-56-23-35(58-48)28-15-14-26-17-25(11-13-27(26)18-28)12-16-29-22-55-49(57-29)46-41-42-47(52(41,42)2)62(46)51(64)44-31-8-6-10-38(66-4)34(31)21-40(54)60-44/h5-11,13-15,17-18,20-24,32,36,41-42,45-47H,19H2,1-4H3,(H,55,57)(H,56,58)/t24-,32+,36+,41?,42-,45-,46+,47?,52-/m1/s1. The molecule has 4 aromatic heterocycles. The van der Waals surface area contributed by atoms with Gasteiger partial charge in [0.25, 0.3) is 11.8 Å². The fourth-order valence-corrected chi connectivity index (χ4v) is 12.3. The van der Waals surface area contributed by atoms with Crippen LogP contribution in [0.5, 0.6) is 11.5 Å². The topological polar surface area (TPSA) is 142 Å². The van der Waals surface area contributed by atoms with Crippen molar-refractivity contribution >= 4 is 67.3 Å². The number of H-pyrrole nitrogens is 2. The Bertz CT molecular complexity index is 3500. The summed E-state index contributed by atoms with van der Waals surface area (Å²) in [7, 11) is 3.21. The molecule has 12 nitrogen and oxygen atoms in total. The van der Waals surface area contributed by atoms with Gasteiger partial charge in [0.15, 0.2) is 0 Å². The number of amides is 2. The maximum atomic E-state index is 14.5. The molecule has 0 spiro atoms. The van der Waals surface area contributed by atoms with E-state index < -0.39 is 0 Å². The van der Waals surface area contributed by atoms with Crippen LogP contribution in [-0.2, 0) is 0 Å².